The van der Waals surface area contributed by atoms with Crippen LogP contribution in [0, 0.1) is 0 Å². The minimum atomic E-state index is -1.50. The van der Waals surface area contributed by atoms with Gasteiger partial charge in [0.05, 0.1) is 18.8 Å². The molecule has 0 fully saturated rings. The summed E-state index contributed by atoms with van der Waals surface area (Å²) in [5, 5.41) is 26.3. The molecule has 4 unspecified atom stereocenters. The number of aromatic nitrogens is 2. The molecule has 4 amide bonds. The molecule has 0 radical (unpaired) electrons. The maximum atomic E-state index is 13.3. The molecule has 1 aromatic carbocycles. The quantitative estimate of drug-likeness (QED) is 0.116. The second-order valence-corrected chi connectivity index (χ2v) is 9.72. The van der Waals surface area contributed by atoms with E-state index in [4.69, 9.17) is 11.5 Å². The van der Waals surface area contributed by atoms with Crippen molar-refractivity contribution in [3.63, 3.8) is 0 Å². The summed E-state index contributed by atoms with van der Waals surface area (Å²) >= 11 is 1.39. The van der Waals surface area contributed by atoms with Gasteiger partial charge in [-0.2, -0.15) is 11.8 Å². The van der Waals surface area contributed by atoms with E-state index in [1.54, 1.807) is 18.4 Å². The molecule has 0 aliphatic carbocycles. The minimum Gasteiger partial charge on any atom is -0.508 e. The molecule has 0 aliphatic heterocycles. The molecule has 0 bridgehead atoms. The van der Waals surface area contributed by atoms with Crippen LogP contribution in [0.2, 0.25) is 0 Å². The highest BCUT2D eigenvalue weighted by Gasteiger charge is 2.31. The Labute approximate surface area is 228 Å². The van der Waals surface area contributed by atoms with Gasteiger partial charge in [0.2, 0.25) is 23.6 Å². The molecule has 0 aliphatic rings. The van der Waals surface area contributed by atoms with Gasteiger partial charge in [-0.3, -0.25) is 19.2 Å². The van der Waals surface area contributed by atoms with E-state index < -0.39 is 60.2 Å². The Morgan fingerprint density at radius 2 is 1.59 bits per heavy atom. The lowest BCUT2D eigenvalue weighted by Crippen LogP contribution is -2.58. The van der Waals surface area contributed by atoms with Crippen LogP contribution in [0.5, 0.6) is 5.75 Å². The van der Waals surface area contributed by atoms with Crippen LogP contribution in [-0.2, 0) is 36.8 Å². The van der Waals surface area contributed by atoms with Crippen LogP contribution in [-0.4, -0.2) is 86.0 Å². The van der Waals surface area contributed by atoms with E-state index in [0.717, 1.165) is 0 Å². The Morgan fingerprint density at radius 1 is 0.974 bits per heavy atom. The molecule has 0 spiro atoms. The summed E-state index contributed by atoms with van der Waals surface area (Å²) in [5.74, 6) is -4.15. The van der Waals surface area contributed by atoms with E-state index >= 15 is 0 Å². The number of phenols is 1. The fourth-order valence-electron chi connectivity index (χ4n) is 3.53. The number of carboxylic acids is 1. The lowest BCUT2D eigenvalue weighted by Gasteiger charge is -2.25. The predicted molar refractivity (Wildman–Crippen MR) is 142 cm³/mol. The van der Waals surface area contributed by atoms with Gasteiger partial charge in [0.25, 0.3) is 0 Å². The van der Waals surface area contributed by atoms with Crippen LogP contribution in [0.1, 0.15) is 24.1 Å². The summed E-state index contributed by atoms with van der Waals surface area (Å²) in [6.45, 7) is 0. The van der Waals surface area contributed by atoms with Crippen molar-refractivity contribution in [3.8, 4) is 5.75 Å². The zero-order chi connectivity index (χ0) is 28.9. The number of amides is 4. The number of carbonyl (C=O) groups is 5. The molecule has 14 nitrogen and oxygen atoms in total. The van der Waals surface area contributed by atoms with Crippen LogP contribution in [0.4, 0.5) is 0 Å². The van der Waals surface area contributed by atoms with Crippen LogP contribution in [0.3, 0.4) is 0 Å². The number of aromatic amines is 1. The number of hydrogen-bond donors (Lipinski definition) is 8. The molecule has 10 N–H and O–H groups in total. The average Bonchev–Trinajstić information content (AvgIpc) is 3.39. The van der Waals surface area contributed by atoms with Gasteiger partial charge in [0.1, 0.15) is 23.9 Å². The molecular weight excluding hydrogens is 530 g/mol. The van der Waals surface area contributed by atoms with Crippen LogP contribution in [0.25, 0.3) is 0 Å². The molecule has 2 rings (SSSR count). The Kier molecular flexibility index (Phi) is 12.2. The Bertz CT molecular complexity index is 1130. The normalized spacial score (nSPS) is 13.9. The van der Waals surface area contributed by atoms with Crippen molar-refractivity contribution in [2.75, 3.05) is 12.0 Å². The number of phenolic OH excluding ortho intramolecular Hbond substituents is 1. The van der Waals surface area contributed by atoms with Gasteiger partial charge in [-0.05, 0) is 36.1 Å². The topological polar surface area (TPSA) is 243 Å². The molecule has 4 atom stereocenters. The van der Waals surface area contributed by atoms with Crippen LogP contribution in [0.15, 0.2) is 36.8 Å². The summed E-state index contributed by atoms with van der Waals surface area (Å²) in [6, 6.07) is 0.865. The van der Waals surface area contributed by atoms with Crippen molar-refractivity contribution < 1.29 is 34.2 Å². The Morgan fingerprint density at radius 3 is 2.15 bits per heavy atom. The van der Waals surface area contributed by atoms with E-state index in [-0.39, 0.29) is 25.0 Å². The van der Waals surface area contributed by atoms with E-state index in [1.807, 2.05) is 0 Å². The number of hydrogen-bond acceptors (Lipinski definition) is 9. The number of nitrogens with two attached hydrogens (primary N) is 2. The molecule has 0 saturated heterocycles. The molecule has 0 saturated carbocycles. The number of carbonyl (C=O) groups excluding carboxylic acids is 4. The first-order valence-electron chi connectivity index (χ1n) is 11.9. The highest BCUT2D eigenvalue weighted by atomic mass is 32.2. The lowest BCUT2D eigenvalue weighted by atomic mass is 10.0. The first kappa shape index (κ1) is 31.1. The zero-order valence-corrected chi connectivity index (χ0v) is 22.1. The zero-order valence-electron chi connectivity index (χ0n) is 21.3. The minimum absolute atomic E-state index is 0.00184. The third kappa shape index (κ3) is 10.6. The molecule has 39 heavy (non-hydrogen) atoms. The van der Waals surface area contributed by atoms with Gasteiger partial charge in [-0.1, -0.05) is 12.1 Å². The number of primary amides is 1. The standard InChI is InChI=1S/C24H33N7O7S/c1-39-7-6-17(24(37)38)29-23(36)19(10-20(26)33)31-22(35)18(8-13-2-4-15(32)5-3-13)30-21(34)16(25)9-14-11-27-12-28-14/h2-5,11-12,16-19,32H,6-10,25H2,1H3,(H2,26,33)(H,27,28)(H,29,36)(H,30,34)(H,31,35)(H,37,38). The van der Waals surface area contributed by atoms with Gasteiger partial charge in [0.15, 0.2) is 0 Å². The van der Waals surface area contributed by atoms with Crippen molar-refractivity contribution in [2.24, 2.45) is 11.5 Å². The van der Waals surface area contributed by atoms with Gasteiger partial charge >= 0.3 is 5.97 Å². The number of rotatable bonds is 16. The summed E-state index contributed by atoms with van der Waals surface area (Å²) < 4.78 is 0. The monoisotopic (exact) mass is 563 g/mol. The predicted octanol–water partition coefficient (Wildman–Crippen LogP) is -1.60. The highest BCUT2D eigenvalue weighted by Crippen LogP contribution is 2.12. The van der Waals surface area contributed by atoms with E-state index in [9.17, 15) is 34.2 Å². The maximum absolute atomic E-state index is 13.3. The van der Waals surface area contributed by atoms with Crippen molar-refractivity contribution in [3.05, 3.63) is 48.0 Å². The number of aromatic hydroxyl groups is 1. The SMILES string of the molecule is CSCCC(NC(=O)C(CC(N)=O)NC(=O)C(Cc1ccc(O)cc1)NC(=O)C(N)Cc1cnc[nH]1)C(=O)O. The second-order valence-electron chi connectivity index (χ2n) is 8.73. The third-order valence-electron chi connectivity index (χ3n) is 5.60. The number of thioether (sulfide) groups is 1. The summed E-state index contributed by atoms with van der Waals surface area (Å²) in [4.78, 5) is 68.9. The van der Waals surface area contributed by atoms with E-state index in [0.29, 0.717) is 17.0 Å². The van der Waals surface area contributed by atoms with Gasteiger partial charge < -0.3 is 42.6 Å². The number of imidazole rings is 1. The second kappa shape index (κ2) is 15.3. The third-order valence-corrected chi connectivity index (χ3v) is 6.25. The maximum Gasteiger partial charge on any atom is 0.326 e. The van der Waals surface area contributed by atoms with E-state index in [2.05, 4.69) is 25.9 Å². The van der Waals surface area contributed by atoms with Gasteiger partial charge in [0, 0.05) is 24.7 Å². The summed E-state index contributed by atoms with van der Waals surface area (Å²) in [6.07, 6.45) is 4.29. The Balaban J connectivity index is 2.21. The van der Waals surface area contributed by atoms with Crippen molar-refractivity contribution in [2.45, 2.75) is 49.9 Å². The lowest BCUT2D eigenvalue weighted by molar-refractivity contribution is -0.142. The smallest absolute Gasteiger partial charge is 0.326 e. The Hall–Kier alpha value is -4.11. The number of carboxylic acid groups (broad SMARTS) is 1. The van der Waals surface area contributed by atoms with Crippen molar-refractivity contribution in [1.29, 1.82) is 0 Å². The first-order valence-corrected chi connectivity index (χ1v) is 13.3. The first-order chi connectivity index (χ1) is 18.5. The fraction of sp³-hybridized carbons (Fsp3) is 0.417. The number of nitrogens with zero attached hydrogens (tertiary/aromatic N) is 1. The van der Waals surface area contributed by atoms with Crippen LogP contribution >= 0.6 is 11.8 Å². The molecule has 2 aromatic rings. The largest absolute Gasteiger partial charge is 0.508 e. The van der Waals surface area contributed by atoms with Crippen molar-refractivity contribution in [1.82, 2.24) is 25.9 Å². The highest BCUT2D eigenvalue weighted by molar-refractivity contribution is 7.98. The molecular formula is C24H33N7O7S. The summed E-state index contributed by atoms with van der Waals surface area (Å²) in [5.41, 5.74) is 12.4. The number of nitrogens with one attached hydrogen (secondary N) is 4. The fourth-order valence-corrected chi connectivity index (χ4v) is 4.00. The van der Waals surface area contributed by atoms with Gasteiger partial charge in [-0.25, -0.2) is 9.78 Å². The number of aliphatic carboxylic acids is 1. The number of benzene rings is 1. The molecule has 212 valence electrons. The van der Waals surface area contributed by atoms with Gasteiger partial charge in [-0.15, -0.1) is 0 Å². The average molecular weight is 564 g/mol. The van der Waals surface area contributed by atoms with Crippen molar-refractivity contribution >= 4 is 41.4 Å². The number of H-pyrrole nitrogens is 1. The summed E-state index contributed by atoms with van der Waals surface area (Å²) in [7, 11) is 0. The van der Waals surface area contributed by atoms with E-state index in [1.165, 1.54) is 36.4 Å². The molecule has 1 heterocycles. The molecule has 1 aromatic heterocycles. The van der Waals surface area contributed by atoms with Crippen LogP contribution < -0.4 is 27.4 Å². The molecule has 15 heteroatoms.